The third-order valence-electron chi connectivity index (χ3n) is 4.04. The molecule has 5 heteroatoms. The molecular formula is C15H30IN3O. The van der Waals surface area contributed by atoms with Crippen LogP contribution in [0.25, 0.3) is 0 Å². The van der Waals surface area contributed by atoms with Gasteiger partial charge < -0.3 is 15.4 Å². The van der Waals surface area contributed by atoms with Gasteiger partial charge in [-0.2, -0.15) is 0 Å². The molecular weight excluding hydrogens is 365 g/mol. The maximum Gasteiger partial charge on any atom is 0.191 e. The van der Waals surface area contributed by atoms with E-state index < -0.39 is 0 Å². The van der Waals surface area contributed by atoms with E-state index in [9.17, 15) is 0 Å². The third-order valence-corrected chi connectivity index (χ3v) is 4.04. The second-order valence-electron chi connectivity index (χ2n) is 5.66. The van der Waals surface area contributed by atoms with Gasteiger partial charge in [-0.15, -0.1) is 24.0 Å². The lowest BCUT2D eigenvalue weighted by Crippen LogP contribution is -2.44. The molecule has 20 heavy (non-hydrogen) atoms. The van der Waals surface area contributed by atoms with Gasteiger partial charge in [0, 0.05) is 25.7 Å². The van der Waals surface area contributed by atoms with Gasteiger partial charge >= 0.3 is 0 Å². The minimum absolute atomic E-state index is 0. The van der Waals surface area contributed by atoms with Gasteiger partial charge in [-0.1, -0.05) is 19.3 Å². The summed E-state index contributed by atoms with van der Waals surface area (Å²) in [5.74, 6) is 0.993. The minimum atomic E-state index is 0. The van der Waals surface area contributed by atoms with Crippen molar-refractivity contribution in [3.05, 3.63) is 0 Å². The van der Waals surface area contributed by atoms with Crippen LogP contribution in [0.1, 0.15) is 58.3 Å². The van der Waals surface area contributed by atoms with Crippen molar-refractivity contribution in [3.8, 4) is 0 Å². The molecule has 118 valence electrons. The molecule has 2 fully saturated rings. The first-order valence-electron chi connectivity index (χ1n) is 8.05. The van der Waals surface area contributed by atoms with Gasteiger partial charge in [-0.25, -0.2) is 0 Å². The van der Waals surface area contributed by atoms with Crippen molar-refractivity contribution in [3.63, 3.8) is 0 Å². The Morgan fingerprint density at radius 3 is 2.60 bits per heavy atom. The quantitative estimate of drug-likeness (QED) is 0.427. The number of nitrogens with one attached hydrogen (secondary N) is 2. The van der Waals surface area contributed by atoms with Crippen molar-refractivity contribution < 1.29 is 4.74 Å². The van der Waals surface area contributed by atoms with E-state index in [4.69, 9.17) is 4.74 Å². The molecule has 0 aromatic rings. The summed E-state index contributed by atoms with van der Waals surface area (Å²) in [5.41, 5.74) is 0. The molecule has 1 unspecified atom stereocenters. The number of hydrogen-bond donors (Lipinski definition) is 2. The highest BCUT2D eigenvalue weighted by Gasteiger charge is 2.16. The van der Waals surface area contributed by atoms with E-state index in [1.54, 1.807) is 0 Å². The Balaban J connectivity index is 0.00000200. The van der Waals surface area contributed by atoms with Crippen molar-refractivity contribution in [1.82, 2.24) is 10.6 Å². The normalized spacial score (nSPS) is 24.2. The van der Waals surface area contributed by atoms with E-state index in [0.717, 1.165) is 32.1 Å². The standard InChI is InChI=1S/C15H29N3O.HI/c1-2-16-15(18-13-7-4-3-5-8-13)17-11-10-14-9-6-12-19-14;/h13-14H,2-12H2,1H3,(H2,16,17,18);1H. The fourth-order valence-electron chi connectivity index (χ4n) is 2.95. The summed E-state index contributed by atoms with van der Waals surface area (Å²) in [6, 6.07) is 0.620. The van der Waals surface area contributed by atoms with Gasteiger partial charge in [0.1, 0.15) is 0 Å². The molecule has 1 saturated heterocycles. The molecule has 1 atom stereocenters. The van der Waals surface area contributed by atoms with Crippen molar-refractivity contribution in [2.24, 2.45) is 4.99 Å². The van der Waals surface area contributed by atoms with Crippen LogP contribution >= 0.6 is 24.0 Å². The molecule has 4 nitrogen and oxygen atoms in total. The Morgan fingerprint density at radius 1 is 1.15 bits per heavy atom. The summed E-state index contributed by atoms with van der Waals surface area (Å²) in [5, 5.41) is 6.93. The molecule has 2 rings (SSSR count). The molecule has 1 aliphatic heterocycles. The summed E-state index contributed by atoms with van der Waals surface area (Å²) in [6.45, 7) is 4.86. The van der Waals surface area contributed by atoms with E-state index in [1.165, 1.54) is 44.9 Å². The fourth-order valence-corrected chi connectivity index (χ4v) is 2.95. The highest BCUT2D eigenvalue weighted by atomic mass is 127. The minimum Gasteiger partial charge on any atom is -0.378 e. The first-order chi connectivity index (χ1) is 9.38. The van der Waals surface area contributed by atoms with Crippen LogP contribution in [0.15, 0.2) is 4.99 Å². The number of ether oxygens (including phenoxy) is 1. The first-order valence-corrected chi connectivity index (χ1v) is 8.05. The fraction of sp³-hybridized carbons (Fsp3) is 0.933. The van der Waals surface area contributed by atoms with E-state index >= 15 is 0 Å². The maximum atomic E-state index is 5.63. The molecule has 0 aromatic carbocycles. The Labute approximate surface area is 140 Å². The van der Waals surface area contributed by atoms with Gasteiger partial charge in [0.2, 0.25) is 0 Å². The highest BCUT2D eigenvalue weighted by molar-refractivity contribution is 14.0. The Morgan fingerprint density at radius 2 is 1.95 bits per heavy atom. The zero-order chi connectivity index (χ0) is 13.3. The SMILES string of the molecule is CCNC(=NCCC1CCCO1)NC1CCCCC1.I. The number of nitrogens with zero attached hydrogens (tertiary/aromatic N) is 1. The summed E-state index contributed by atoms with van der Waals surface area (Å²) in [4.78, 5) is 4.69. The van der Waals surface area contributed by atoms with Crippen molar-refractivity contribution in [1.29, 1.82) is 0 Å². The van der Waals surface area contributed by atoms with Crippen LogP contribution in [0.3, 0.4) is 0 Å². The lowest BCUT2D eigenvalue weighted by molar-refractivity contribution is 0.106. The van der Waals surface area contributed by atoms with Gasteiger partial charge in [-0.05, 0) is 39.0 Å². The lowest BCUT2D eigenvalue weighted by Gasteiger charge is -2.25. The monoisotopic (exact) mass is 395 g/mol. The molecule has 1 saturated carbocycles. The van der Waals surface area contributed by atoms with Crippen LogP contribution in [0, 0.1) is 0 Å². The number of rotatable bonds is 5. The second-order valence-corrected chi connectivity index (χ2v) is 5.66. The molecule has 1 heterocycles. The van der Waals surface area contributed by atoms with Gasteiger partial charge in [0.25, 0.3) is 0 Å². The summed E-state index contributed by atoms with van der Waals surface area (Å²) < 4.78 is 5.63. The zero-order valence-corrected chi connectivity index (χ0v) is 15.0. The highest BCUT2D eigenvalue weighted by Crippen LogP contribution is 2.17. The van der Waals surface area contributed by atoms with Crippen molar-refractivity contribution >= 4 is 29.9 Å². The molecule has 0 spiro atoms. The molecule has 0 radical (unpaired) electrons. The Hall–Kier alpha value is -0.0400. The average molecular weight is 395 g/mol. The predicted octanol–water partition coefficient (Wildman–Crippen LogP) is 3.06. The molecule has 0 aromatic heterocycles. The van der Waals surface area contributed by atoms with Crippen LogP contribution in [0.2, 0.25) is 0 Å². The number of halogens is 1. The first kappa shape index (κ1) is 18.0. The van der Waals surface area contributed by atoms with Gasteiger partial charge in [-0.3, -0.25) is 4.99 Å². The van der Waals surface area contributed by atoms with Crippen molar-refractivity contribution in [2.45, 2.75) is 70.4 Å². The van der Waals surface area contributed by atoms with Crippen molar-refractivity contribution in [2.75, 3.05) is 19.7 Å². The Bertz CT molecular complexity index is 274. The molecule has 1 aliphatic carbocycles. The van der Waals surface area contributed by atoms with Crippen LogP contribution < -0.4 is 10.6 Å². The maximum absolute atomic E-state index is 5.63. The summed E-state index contributed by atoms with van der Waals surface area (Å²) in [6.07, 6.45) is 10.6. The van der Waals surface area contributed by atoms with E-state index in [-0.39, 0.29) is 24.0 Å². The second kappa shape index (κ2) is 10.7. The van der Waals surface area contributed by atoms with Crippen LogP contribution in [-0.4, -0.2) is 37.8 Å². The molecule has 0 amide bonds. The summed E-state index contributed by atoms with van der Waals surface area (Å²) >= 11 is 0. The largest absolute Gasteiger partial charge is 0.378 e. The Kier molecular flexibility index (Phi) is 9.59. The molecule has 0 bridgehead atoms. The smallest absolute Gasteiger partial charge is 0.191 e. The van der Waals surface area contributed by atoms with E-state index in [2.05, 4.69) is 22.5 Å². The summed E-state index contributed by atoms with van der Waals surface area (Å²) in [7, 11) is 0. The molecule has 2 aliphatic rings. The van der Waals surface area contributed by atoms with Crippen LogP contribution in [0.4, 0.5) is 0 Å². The van der Waals surface area contributed by atoms with E-state index in [1.807, 2.05) is 0 Å². The average Bonchev–Trinajstić information content (AvgIpc) is 2.93. The number of guanidine groups is 1. The van der Waals surface area contributed by atoms with Gasteiger partial charge in [0.15, 0.2) is 5.96 Å². The third kappa shape index (κ3) is 6.61. The van der Waals surface area contributed by atoms with Crippen LogP contribution in [-0.2, 0) is 4.74 Å². The predicted molar refractivity (Wildman–Crippen MR) is 95.0 cm³/mol. The lowest BCUT2D eigenvalue weighted by atomic mass is 9.96. The number of aliphatic imine (C=N–C) groups is 1. The van der Waals surface area contributed by atoms with E-state index in [0.29, 0.717) is 12.1 Å². The van der Waals surface area contributed by atoms with Gasteiger partial charge in [0.05, 0.1) is 6.10 Å². The topological polar surface area (TPSA) is 45.7 Å². The number of hydrogen-bond acceptors (Lipinski definition) is 2. The van der Waals surface area contributed by atoms with Crippen LogP contribution in [0.5, 0.6) is 0 Å². The zero-order valence-electron chi connectivity index (χ0n) is 12.7. The molecule has 2 N–H and O–H groups in total.